The number of hydrogen-bond donors (Lipinski definition) is 1. The van der Waals surface area contributed by atoms with Gasteiger partial charge in [-0.1, -0.05) is 6.07 Å². The quantitative estimate of drug-likeness (QED) is 0.463. The van der Waals surface area contributed by atoms with Crippen LogP contribution >= 0.6 is 11.3 Å². The standard InChI is InChI=1S/C22H17FN2O4S/c23-15-7-9-16(10-8-15)25(22(27)19-6-3-13-30-19)20(18-5-2-12-29-18)21(26)24-14-17-4-1-11-28-17/h1-13,20H,14H2,(H,24,26)/t20-/m0/s1. The molecule has 0 aliphatic carbocycles. The van der Waals surface area contributed by atoms with Crippen molar-refractivity contribution < 1.29 is 22.8 Å². The predicted octanol–water partition coefficient (Wildman–Crippen LogP) is 4.78. The Balaban J connectivity index is 1.73. The molecule has 3 aromatic heterocycles. The molecule has 6 nitrogen and oxygen atoms in total. The molecular formula is C22H17FN2O4S. The van der Waals surface area contributed by atoms with Crippen molar-refractivity contribution in [2.75, 3.05) is 4.90 Å². The number of rotatable bonds is 7. The van der Waals surface area contributed by atoms with Gasteiger partial charge < -0.3 is 14.2 Å². The van der Waals surface area contributed by atoms with Gasteiger partial charge in [-0.2, -0.15) is 0 Å². The second-order valence-corrected chi connectivity index (χ2v) is 7.29. The molecule has 8 heteroatoms. The minimum atomic E-state index is -1.10. The highest BCUT2D eigenvalue weighted by Crippen LogP contribution is 2.31. The van der Waals surface area contributed by atoms with E-state index in [1.54, 1.807) is 41.8 Å². The van der Waals surface area contributed by atoms with Crippen LogP contribution in [0.25, 0.3) is 0 Å². The zero-order valence-electron chi connectivity index (χ0n) is 15.7. The van der Waals surface area contributed by atoms with Crippen molar-refractivity contribution in [2.45, 2.75) is 12.6 Å². The monoisotopic (exact) mass is 424 g/mol. The van der Waals surface area contributed by atoms with Crippen molar-refractivity contribution in [1.82, 2.24) is 5.32 Å². The summed E-state index contributed by atoms with van der Waals surface area (Å²) in [5.41, 5.74) is 0.365. The highest BCUT2D eigenvalue weighted by atomic mass is 32.1. The Morgan fingerprint density at radius 3 is 2.40 bits per heavy atom. The van der Waals surface area contributed by atoms with Crippen molar-refractivity contribution in [3.8, 4) is 0 Å². The average molecular weight is 424 g/mol. The van der Waals surface area contributed by atoms with Crippen LogP contribution in [0.15, 0.2) is 87.4 Å². The lowest BCUT2D eigenvalue weighted by Crippen LogP contribution is -2.43. The van der Waals surface area contributed by atoms with Crippen LogP contribution in [0.4, 0.5) is 10.1 Å². The zero-order chi connectivity index (χ0) is 20.9. The van der Waals surface area contributed by atoms with E-state index in [-0.39, 0.29) is 12.3 Å². The third kappa shape index (κ3) is 4.18. The van der Waals surface area contributed by atoms with Crippen LogP contribution in [0.2, 0.25) is 0 Å². The van der Waals surface area contributed by atoms with E-state index in [1.807, 2.05) is 0 Å². The van der Waals surface area contributed by atoms with Gasteiger partial charge in [0.25, 0.3) is 11.8 Å². The molecule has 1 N–H and O–H groups in total. The highest BCUT2D eigenvalue weighted by Gasteiger charge is 2.35. The second-order valence-electron chi connectivity index (χ2n) is 6.34. The highest BCUT2D eigenvalue weighted by molar-refractivity contribution is 7.12. The first-order chi connectivity index (χ1) is 14.6. The second kappa shape index (κ2) is 8.79. The van der Waals surface area contributed by atoms with Crippen molar-refractivity contribution in [1.29, 1.82) is 0 Å². The number of halogens is 1. The molecule has 1 aromatic carbocycles. The SMILES string of the molecule is O=C(NCc1ccco1)[C@H](c1ccco1)N(C(=O)c1cccs1)c1ccc(F)cc1. The Hall–Kier alpha value is -3.65. The van der Waals surface area contributed by atoms with Crippen molar-refractivity contribution in [2.24, 2.45) is 0 Å². The number of carbonyl (C=O) groups is 2. The molecule has 0 unspecified atom stereocenters. The summed E-state index contributed by atoms with van der Waals surface area (Å²) >= 11 is 1.25. The third-order valence-corrected chi connectivity index (χ3v) is 5.25. The van der Waals surface area contributed by atoms with Gasteiger partial charge >= 0.3 is 0 Å². The summed E-state index contributed by atoms with van der Waals surface area (Å²) in [5, 5.41) is 4.55. The van der Waals surface area contributed by atoms with Crippen LogP contribution in [0.1, 0.15) is 27.2 Å². The maximum atomic E-state index is 13.5. The lowest BCUT2D eigenvalue weighted by molar-refractivity contribution is -0.123. The fourth-order valence-corrected chi connectivity index (χ4v) is 3.67. The third-order valence-electron chi connectivity index (χ3n) is 4.39. The van der Waals surface area contributed by atoms with E-state index >= 15 is 0 Å². The first kappa shape index (κ1) is 19.7. The van der Waals surface area contributed by atoms with E-state index in [1.165, 1.54) is 53.0 Å². The van der Waals surface area contributed by atoms with Crippen LogP contribution < -0.4 is 10.2 Å². The largest absolute Gasteiger partial charge is 0.467 e. The molecule has 4 aromatic rings. The topological polar surface area (TPSA) is 75.7 Å². The number of amides is 2. The van der Waals surface area contributed by atoms with Gasteiger partial charge in [-0.15, -0.1) is 11.3 Å². The fourth-order valence-electron chi connectivity index (χ4n) is 3.01. The number of nitrogens with one attached hydrogen (secondary N) is 1. The minimum absolute atomic E-state index is 0.146. The van der Waals surface area contributed by atoms with E-state index in [2.05, 4.69) is 5.32 Å². The van der Waals surface area contributed by atoms with Crippen LogP contribution in [-0.2, 0) is 11.3 Å². The number of hydrogen-bond acceptors (Lipinski definition) is 5. The Kier molecular flexibility index (Phi) is 5.76. The normalized spacial score (nSPS) is 11.8. The Morgan fingerprint density at radius 2 is 1.77 bits per heavy atom. The van der Waals surface area contributed by atoms with Gasteiger partial charge in [0.2, 0.25) is 0 Å². The molecule has 3 heterocycles. The van der Waals surface area contributed by atoms with E-state index in [0.717, 1.165) is 0 Å². The Labute approximate surface area is 175 Å². The zero-order valence-corrected chi connectivity index (χ0v) is 16.5. The van der Waals surface area contributed by atoms with E-state index in [0.29, 0.717) is 16.3 Å². The fraction of sp³-hybridized carbons (Fsp3) is 0.0909. The Bertz CT molecular complexity index is 1090. The number of nitrogens with zero attached hydrogens (tertiary/aromatic N) is 1. The summed E-state index contributed by atoms with van der Waals surface area (Å²) in [7, 11) is 0. The summed E-state index contributed by atoms with van der Waals surface area (Å²) in [6.45, 7) is 0.146. The van der Waals surface area contributed by atoms with Gasteiger partial charge in [0.15, 0.2) is 6.04 Å². The summed E-state index contributed by atoms with van der Waals surface area (Å²) in [5.74, 6) is -0.457. The number of furan rings is 2. The Morgan fingerprint density at radius 1 is 1.00 bits per heavy atom. The first-order valence-corrected chi connectivity index (χ1v) is 9.97. The number of thiophene rings is 1. The van der Waals surface area contributed by atoms with Crippen LogP contribution in [0.3, 0.4) is 0 Å². The molecule has 0 bridgehead atoms. The van der Waals surface area contributed by atoms with E-state index in [4.69, 9.17) is 8.83 Å². The summed E-state index contributed by atoms with van der Waals surface area (Å²) in [6, 6.07) is 14.4. The molecule has 0 aliphatic heterocycles. The van der Waals surface area contributed by atoms with Gasteiger partial charge in [0, 0.05) is 5.69 Å². The predicted molar refractivity (Wildman–Crippen MR) is 110 cm³/mol. The van der Waals surface area contributed by atoms with Gasteiger partial charge in [-0.05, 0) is 60.0 Å². The molecule has 152 valence electrons. The molecule has 2 amide bonds. The molecule has 0 radical (unpaired) electrons. The smallest absolute Gasteiger partial charge is 0.269 e. The maximum absolute atomic E-state index is 13.5. The molecule has 0 saturated heterocycles. The van der Waals surface area contributed by atoms with E-state index in [9.17, 15) is 14.0 Å². The molecular weight excluding hydrogens is 407 g/mol. The van der Waals surface area contributed by atoms with Crippen LogP contribution in [0, 0.1) is 5.82 Å². The maximum Gasteiger partial charge on any atom is 0.269 e. The molecule has 0 aliphatic rings. The average Bonchev–Trinajstić information content (AvgIpc) is 3.53. The summed E-state index contributed by atoms with van der Waals surface area (Å²) in [4.78, 5) is 28.3. The summed E-state index contributed by atoms with van der Waals surface area (Å²) < 4.78 is 24.3. The van der Waals surface area contributed by atoms with Gasteiger partial charge in [0.05, 0.1) is 23.9 Å². The van der Waals surface area contributed by atoms with E-state index < -0.39 is 23.7 Å². The number of benzene rings is 1. The lowest BCUT2D eigenvalue weighted by Gasteiger charge is -2.29. The van der Waals surface area contributed by atoms with Gasteiger partial charge in [-0.25, -0.2) is 4.39 Å². The molecule has 4 rings (SSSR count). The molecule has 0 spiro atoms. The number of anilines is 1. The first-order valence-electron chi connectivity index (χ1n) is 9.09. The molecule has 0 fully saturated rings. The van der Waals surface area contributed by atoms with Crippen LogP contribution in [-0.4, -0.2) is 11.8 Å². The molecule has 1 atom stereocenters. The minimum Gasteiger partial charge on any atom is -0.467 e. The van der Waals surface area contributed by atoms with Gasteiger partial charge in [0.1, 0.15) is 17.3 Å². The molecule has 30 heavy (non-hydrogen) atoms. The number of carbonyl (C=O) groups excluding carboxylic acids is 2. The summed E-state index contributed by atoms with van der Waals surface area (Å²) in [6.07, 6.45) is 2.94. The van der Waals surface area contributed by atoms with Crippen molar-refractivity contribution >= 4 is 28.8 Å². The van der Waals surface area contributed by atoms with Gasteiger partial charge in [-0.3, -0.25) is 14.5 Å². The van der Waals surface area contributed by atoms with Crippen LogP contribution in [0.5, 0.6) is 0 Å². The van der Waals surface area contributed by atoms with Crippen molar-refractivity contribution in [3.63, 3.8) is 0 Å². The molecule has 0 saturated carbocycles. The lowest BCUT2D eigenvalue weighted by atomic mass is 10.1. The van der Waals surface area contributed by atoms with Crippen molar-refractivity contribution in [3.05, 3.63) is 101 Å².